The minimum absolute atomic E-state index is 0.0490. The summed E-state index contributed by atoms with van der Waals surface area (Å²) in [4.78, 5) is 0. The van der Waals surface area contributed by atoms with Crippen LogP contribution in [-0.2, 0) is 10.0 Å². The highest BCUT2D eigenvalue weighted by atomic mass is 32.2. The summed E-state index contributed by atoms with van der Waals surface area (Å²) >= 11 is 0. The van der Waals surface area contributed by atoms with Gasteiger partial charge in [0.2, 0.25) is 10.0 Å². The summed E-state index contributed by atoms with van der Waals surface area (Å²) in [6.07, 6.45) is 5.66. The molecule has 0 bridgehead atoms. The van der Waals surface area contributed by atoms with Crippen molar-refractivity contribution in [2.75, 3.05) is 32.0 Å². The molecule has 0 radical (unpaired) electrons. The maximum atomic E-state index is 12.4. The van der Waals surface area contributed by atoms with Crippen LogP contribution in [0, 0.1) is 5.92 Å². The number of aliphatic hydroxyl groups is 1. The third-order valence-corrected chi connectivity index (χ3v) is 6.33. The Morgan fingerprint density at radius 3 is 2.58 bits per heavy atom. The number of hydrogen-bond donors (Lipinski definition) is 2. The monoisotopic (exact) mass is 290 g/mol. The molecule has 0 aromatic carbocycles. The Morgan fingerprint density at radius 2 is 1.89 bits per heavy atom. The molecule has 112 valence electrons. The minimum Gasteiger partial charge on any atom is -0.395 e. The molecule has 2 N–H and O–H groups in total. The molecule has 0 spiro atoms. The van der Waals surface area contributed by atoms with E-state index in [-0.39, 0.29) is 18.4 Å². The van der Waals surface area contributed by atoms with Crippen molar-refractivity contribution >= 4 is 10.0 Å². The summed E-state index contributed by atoms with van der Waals surface area (Å²) in [6, 6.07) is -0.188. The Labute approximate surface area is 116 Å². The van der Waals surface area contributed by atoms with Crippen LogP contribution in [0.4, 0.5) is 0 Å². The van der Waals surface area contributed by atoms with Gasteiger partial charge < -0.3 is 10.4 Å². The number of nitrogens with one attached hydrogen (secondary N) is 1. The molecule has 5 nitrogen and oxygen atoms in total. The second-order valence-electron chi connectivity index (χ2n) is 5.74. The smallest absolute Gasteiger partial charge is 0.214 e. The lowest BCUT2D eigenvalue weighted by molar-refractivity contribution is 0.155. The molecule has 0 aromatic heterocycles. The van der Waals surface area contributed by atoms with Crippen molar-refractivity contribution in [3.05, 3.63) is 0 Å². The average molecular weight is 290 g/mol. The fourth-order valence-electron chi connectivity index (χ4n) is 3.13. The molecular formula is C13H26N2O3S. The number of aliphatic hydroxyl groups excluding tert-OH is 1. The van der Waals surface area contributed by atoms with E-state index in [1.165, 1.54) is 0 Å². The molecule has 6 heteroatoms. The van der Waals surface area contributed by atoms with E-state index >= 15 is 0 Å². The van der Waals surface area contributed by atoms with E-state index in [1.807, 2.05) is 0 Å². The molecule has 1 atom stereocenters. The molecule has 19 heavy (non-hydrogen) atoms. The van der Waals surface area contributed by atoms with Crippen molar-refractivity contribution < 1.29 is 13.5 Å². The van der Waals surface area contributed by atoms with Gasteiger partial charge in [0.25, 0.3) is 0 Å². The number of hydrogen-bond acceptors (Lipinski definition) is 4. The number of rotatable bonds is 5. The third-order valence-electron chi connectivity index (χ3n) is 4.38. The zero-order valence-corrected chi connectivity index (χ0v) is 12.4. The molecule has 2 heterocycles. The number of piperidine rings is 2. The van der Waals surface area contributed by atoms with Crippen LogP contribution in [0.15, 0.2) is 0 Å². The van der Waals surface area contributed by atoms with Crippen molar-refractivity contribution in [3.8, 4) is 0 Å². The van der Waals surface area contributed by atoms with Crippen LogP contribution in [0.25, 0.3) is 0 Å². The van der Waals surface area contributed by atoms with Crippen LogP contribution in [-0.4, -0.2) is 55.9 Å². The normalized spacial score (nSPS) is 27.5. The van der Waals surface area contributed by atoms with E-state index in [9.17, 15) is 13.5 Å². The molecular weight excluding hydrogens is 264 g/mol. The summed E-state index contributed by atoms with van der Waals surface area (Å²) in [7, 11) is -3.19. The summed E-state index contributed by atoms with van der Waals surface area (Å²) in [5, 5.41) is 12.6. The van der Waals surface area contributed by atoms with Crippen LogP contribution in [0.1, 0.15) is 38.5 Å². The molecule has 2 aliphatic heterocycles. The molecule has 2 fully saturated rings. The van der Waals surface area contributed by atoms with E-state index in [1.54, 1.807) is 4.31 Å². The largest absolute Gasteiger partial charge is 0.395 e. The molecule has 1 unspecified atom stereocenters. The second kappa shape index (κ2) is 7.02. The van der Waals surface area contributed by atoms with E-state index in [0.717, 1.165) is 51.6 Å². The lowest BCUT2D eigenvalue weighted by Gasteiger charge is -2.34. The van der Waals surface area contributed by atoms with Gasteiger partial charge in [-0.2, -0.15) is 4.31 Å². The second-order valence-corrected chi connectivity index (χ2v) is 7.78. The van der Waals surface area contributed by atoms with Gasteiger partial charge in [-0.05, 0) is 51.1 Å². The molecule has 0 aromatic rings. The van der Waals surface area contributed by atoms with Gasteiger partial charge in [0, 0.05) is 12.6 Å². The fourth-order valence-corrected chi connectivity index (χ4v) is 5.03. The maximum Gasteiger partial charge on any atom is 0.214 e. The Balaban J connectivity index is 1.89. The predicted molar refractivity (Wildman–Crippen MR) is 75.4 cm³/mol. The van der Waals surface area contributed by atoms with Gasteiger partial charge in [-0.3, -0.25) is 0 Å². The van der Waals surface area contributed by atoms with Gasteiger partial charge >= 0.3 is 0 Å². The highest BCUT2D eigenvalue weighted by Gasteiger charge is 2.32. The summed E-state index contributed by atoms with van der Waals surface area (Å²) in [5.74, 6) is 0.780. The zero-order valence-electron chi connectivity index (χ0n) is 11.6. The number of nitrogens with zero attached hydrogens (tertiary/aromatic N) is 1. The van der Waals surface area contributed by atoms with Gasteiger partial charge in [-0.1, -0.05) is 6.42 Å². The van der Waals surface area contributed by atoms with Crippen molar-refractivity contribution in [1.29, 1.82) is 0 Å². The van der Waals surface area contributed by atoms with Gasteiger partial charge in [-0.15, -0.1) is 0 Å². The van der Waals surface area contributed by atoms with E-state index in [2.05, 4.69) is 5.32 Å². The summed E-state index contributed by atoms with van der Waals surface area (Å²) in [5.41, 5.74) is 0. The first-order valence-electron chi connectivity index (χ1n) is 7.44. The van der Waals surface area contributed by atoms with E-state index < -0.39 is 10.0 Å². The Kier molecular flexibility index (Phi) is 5.62. The summed E-state index contributed by atoms with van der Waals surface area (Å²) < 4.78 is 26.3. The van der Waals surface area contributed by atoms with Crippen LogP contribution < -0.4 is 5.32 Å². The van der Waals surface area contributed by atoms with E-state index in [4.69, 9.17) is 0 Å². The van der Waals surface area contributed by atoms with Gasteiger partial charge in [0.15, 0.2) is 0 Å². The first kappa shape index (κ1) is 15.2. The van der Waals surface area contributed by atoms with Crippen LogP contribution >= 0.6 is 0 Å². The molecule has 0 aliphatic carbocycles. The zero-order chi connectivity index (χ0) is 13.7. The molecule has 0 saturated carbocycles. The van der Waals surface area contributed by atoms with Crippen molar-refractivity contribution in [3.63, 3.8) is 0 Å². The third kappa shape index (κ3) is 4.15. The van der Waals surface area contributed by atoms with Crippen molar-refractivity contribution in [2.45, 2.75) is 44.6 Å². The van der Waals surface area contributed by atoms with E-state index in [0.29, 0.717) is 12.5 Å². The topological polar surface area (TPSA) is 69.6 Å². The highest BCUT2D eigenvalue weighted by molar-refractivity contribution is 7.89. The lowest BCUT2D eigenvalue weighted by Crippen LogP contribution is -2.46. The van der Waals surface area contributed by atoms with Crippen molar-refractivity contribution in [2.24, 2.45) is 5.92 Å². The molecule has 0 amide bonds. The Morgan fingerprint density at radius 1 is 1.16 bits per heavy atom. The first-order valence-corrected chi connectivity index (χ1v) is 9.05. The average Bonchev–Trinajstić information content (AvgIpc) is 2.46. The van der Waals surface area contributed by atoms with Gasteiger partial charge in [0.05, 0.1) is 12.4 Å². The lowest BCUT2D eigenvalue weighted by atomic mass is 9.96. The molecule has 2 saturated heterocycles. The number of sulfonamides is 1. The molecule has 2 rings (SSSR count). The highest BCUT2D eigenvalue weighted by Crippen LogP contribution is 2.23. The maximum absolute atomic E-state index is 12.4. The standard InChI is InChI=1S/C13H26N2O3S/c16-11-13-3-1-2-9-15(13)19(17,18)10-6-12-4-7-14-8-5-12/h12-14,16H,1-11H2. The molecule has 2 aliphatic rings. The SMILES string of the molecule is O=S(=O)(CCC1CCNCC1)N1CCCCC1CO. The Hall–Kier alpha value is -0.170. The van der Waals surface area contributed by atoms with Gasteiger partial charge in [-0.25, -0.2) is 8.42 Å². The van der Waals surface area contributed by atoms with Crippen LogP contribution in [0.2, 0.25) is 0 Å². The first-order chi connectivity index (χ1) is 9.13. The quantitative estimate of drug-likeness (QED) is 0.776. The fraction of sp³-hybridized carbons (Fsp3) is 1.00. The predicted octanol–water partition coefficient (Wildman–Crippen LogP) is 0.553. The van der Waals surface area contributed by atoms with Crippen LogP contribution in [0.5, 0.6) is 0 Å². The van der Waals surface area contributed by atoms with Crippen molar-refractivity contribution in [1.82, 2.24) is 9.62 Å². The van der Waals surface area contributed by atoms with Gasteiger partial charge in [0.1, 0.15) is 0 Å². The van der Waals surface area contributed by atoms with Crippen LogP contribution in [0.3, 0.4) is 0 Å². The minimum atomic E-state index is -3.19. The summed E-state index contributed by atoms with van der Waals surface area (Å²) in [6.45, 7) is 2.55. The Bertz CT molecular complexity index is 366.